The second-order valence-corrected chi connectivity index (χ2v) is 6.08. The predicted octanol–water partition coefficient (Wildman–Crippen LogP) is 3.37. The first-order valence-electron chi connectivity index (χ1n) is 7.08. The van der Waals surface area contributed by atoms with Crippen molar-refractivity contribution in [1.82, 2.24) is 5.32 Å². The molecule has 0 amide bonds. The molecule has 0 radical (unpaired) electrons. The number of phenolic OH excluding ortho intramolecular Hbond substituents is 1. The van der Waals surface area contributed by atoms with Gasteiger partial charge in [-0.3, -0.25) is 0 Å². The summed E-state index contributed by atoms with van der Waals surface area (Å²) in [5, 5.41) is 13.5. The molecule has 1 heterocycles. The van der Waals surface area contributed by atoms with Crippen molar-refractivity contribution in [3.8, 4) is 5.75 Å². The molecule has 2 N–H and O–H groups in total. The molecule has 1 unspecified atom stereocenters. The fraction of sp³-hybridized carbons (Fsp3) is 0.625. The number of nitrogens with one attached hydrogen (secondary N) is 1. The first kappa shape index (κ1) is 13.4. The summed E-state index contributed by atoms with van der Waals surface area (Å²) in [6, 6.07) is 6.65. The average Bonchev–Trinajstić information content (AvgIpc) is 2.84. The van der Waals surface area contributed by atoms with Crippen molar-refractivity contribution in [2.45, 2.75) is 57.9 Å². The predicted molar refractivity (Wildman–Crippen MR) is 76.2 cm³/mol. The van der Waals surface area contributed by atoms with E-state index in [-0.39, 0.29) is 5.41 Å². The van der Waals surface area contributed by atoms with E-state index in [1.807, 2.05) is 6.07 Å². The first-order valence-corrected chi connectivity index (χ1v) is 7.08. The molecular formula is C16H25NO. The van der Waals surface area contributed by atoms with Crippen LogP contribution in [0, 0.1) is 0 Å². The van der Waals surface area contributed by atoms with E-state index >= 15 is 0 Å². The minimum Gasteiger partial charge on any atom is -0.508 e. The van der Waals surface area contributed by atoms with Gasteiger partial charge in [-0.25, -0.2) is 0 Å². The lowest BCUT2D eigenvalue weighted by Gasteiger charge is -2.24. The molecule has 1 saturated heterocycles. The third-order valence-corrected chi connectivity index (χ3v) is 4.37. The number of benzene rings is 1. The molecular weight excluding hydrogens is 222 g/mol. The van der Waals surface area contributed by atoms with Crippen molar-refractivity contribution in [1.29, 1.82) is 0 Å². The van der Waals surface area contributed by atoms with Crippen molar-refractivity contribution in [3.63, 3.8) is 0 Å². The smallest absolute Gasteiger partial charge is 0.118 e. The highest BCUT2D eigenvalue weighted by Crippen LogP contribution is 2.31. The average molecular weight is 247 g/mol. The summed E-state index contributed by atoms with van der Waals surface area (Å²) >= 11 is 0. The van der Waals surface area contributed by atoms with E-state index in [0.29, 0.717) is 11.8 Å². The van der Waals surface area contributed by atoms with E-state index < -0.39 is 0 Å². The number of rotatable bonds is 4. The Labute approximate surface area is 110 Å². The molecule has 1 aliphatic heterocycles. The Hall–Kier alpha value is -1.02. The molecule has 1 aliphatic rings. The van der Waals surface area contributed by atoms with E-state index in [1.54, 1.807) is 0 Å². The van der Waals surface area contributed by atoms with E-state index in [9.17, 15) is 5.11 Å². The van der Waals surface area contributed by atoms with Gasteiger partial charge in [-0.15, -0.1) is 0 Å². The Morgan fingerprint density at radius 1 is 1.39 bits per heavy atom. The van der Waals surface area contributed by atoms with Crippen LogP contribution in [0.3, 0.4) is 0 Å². The van der Waals surface area contributed by atoms with Gasteiger partial charge in [-0.1, -0.05) is 32.9 Å². The van der Waals surface area contributed by atoms with E-state index in [2.05, 4.69) is 38.2 Å². The van der Waals surface area contributed by atoms with Crippen LogP contribution in [0.5, 0.6) is 5.75 Å². The second-order valence-electron chi connectivity index (χ2n) is 6.08. The highest BCUT2D eigenvalue weighted by atomic mass is 16.3. The minimum atomic E-state index is 0.186. The van der Waals surface area contributed by atoms with Gasteiger partial charge in [0, 0.05) is 6.04 Å². The Morgan fingerprint density at radius 3 is 2.78 bits per heavy atom. The molecule has 0 saturated carbocycles. The van der Waals surface area contributed by atoms with Gasteiger partial charge in [0.1, 0.15) is 5.75 Å². The summed E-state index contributed by atoms with van der Waals surface area (Å²) in [5.41, 5.74) is 2.61. The van der Waals surface area contributed by atoms with Crippen molar-refractivity contribution in [2.75, 3.05) is 6.54 Å². The van der Waals surface area contributed by atoms with Crippen LogP contribution in [0.25, 0.3) is 0 Å². The molecule has 100 valence electrons. The third-order valence-electron chi connectivity index (χ3n) is 4.37. The van der Waals surface area contributed by atoms with Gasteiger partial charge in [-0.2, -0.15) is 0 Å². The molecule has 1 aromatic carbocycles. The summed E-state index contributed by atoms with van der Waals surface area (Å²) < 4.78 is 0. The van der Waals surface area contributed by atoms with Gasteiger partial charge in [-0.05, 0) is 54.8 Å². The third kappa shape index (κ3) is 2.86. The second kappa shape index (κ2) is 5.31. The number of phenols is 1. The lowest BCUT2D eigenvalue weighted by Crippen LogP contribution is -2.24. The topological polar surface area (TPSA) is 32.3 Å². The Kier molecular flexibility index (Phi) is 3.96. The summed E-state index contributed by atoms with van der Waals surface area (Å²) in [5.74, 6) is 0.444. The van der Waals surface area contributed by atoms with Crippen LogP contribution in [0.4, 0.5) is 0 Å². The van der Waals surface area contributed by atoms with Crippen molar-refractivity contribution in [3.05, 3.63) is 29.3 Å². The van der Waals surface area contributed by atoms with E-state index in [1.165, 1.54) is 18.4 Å². The lowest BCUT2D eigenvalue weighted by atomic mass is 9.81. The van der Waals surface area contributed by atoms with Crippen LogP contribution in [0.15, 0.2) is 18.2 Å². The molecule has 0 bridgehead atoms. The fourth-order valence-electron chi connectivity index (χ4n) is 2.57. The van der Waals surface area contributed by atoms with Crippen LogP contribution in [0.2, 0.25) is 0 Å². The zero-order chi connectivity index (χ0) is 13.2. The SMILES string of the molecule is CCC(C)(C)c1ccc(O)c(CC2CCCN2)c1. The Morgan fingerprint density at radius 2 is 2.17 bits per heavy atom. The normalized spacial score (nSPS) is 20.3. The fourth-order valence-corrected chi connectivity index (χ4v) is 2.57. The number of aromatic hydroxyl groups is 1. The summed E-state index contributed by atoms with van der Waals surface area (Å²) in [6.45, 7) is 7.85. The number of hydrogen-bond acceptors (Lipinski definition) is 2. The molecule has 2 heteroatoms. The maximum Gasteiger partial charge on any atom is 0.118 e. The molecule has 2 nitrogen and oxygen atoms in total. The van der Waals surface area contributed by atoms with Crippen molar-refractivity contribution < 1.29 is 5.11 Å². The van der Waals surface area contributed by atoms with Gasteiger partial charge in [0.2, 0.25) is 0 Å². The van der Waals surface area contributed by atoms with Crippen LogP contribution in [-0.2, 0) is 11.8 Å². The molecule has 1 aromatic rings. The maximum absolute atomic E-state index is 10.0. The highest BCUT2D eigenvalue weighted by Gasteiger charge is 2.21. The van der Waals surface area contributed by atoms with Gasteiger partial charge in [0.05, 0.1) is 0 Å². The highest BCUT2D eigenvalue weighted by molar-refractivity contribution is 5.39. The molecule has 0 aliphatic carbocycles. The Bertz CT molecular complexity index is 406. The Balaban J connectivity index is 2.20. The summed E-state index contributed by atoms with van der Waals surface area (Å²) in [7, 11) is 0. The standard InChI is InChI=1S/C16H25NO/c1-4-16(2,3)13-7-8-15(18)12(10-13)11-14-6-5-9-17-14/h7-8,10,14,17-18H,4-6,9,11H2,1-3H3. The van der Waals surface area contributed by atoms with Crippen LogP contribution < -0.4 is 5.32 Å². The molecule has 1 fully saturated rings. The van der Waals surface area contributed by atoms with Gasteiger partial charge in [0.15, 0.2) is 0 Å². The minimum absolute atomic E-state index is 0.186. The van der Waals surface area contributed by atoms with E-state index in [4.69, 9.17) is 0 Å². The number of hydrogen-bond donors (Lipinski definition) is 2. The van der Waals surface area contributed by atoms with Gasteiger partial charge >= 0.3 is 0 Å². The molecule has 2 rings (SSSR count). The molecule has 1 atom stereocenters. The van der Waals surface area contributed by atoms with Gasteiger partial charge < -0.3 is 10.4 Å². The monoisotopic (exact) mass is 247 g/mol. The van der Waals surface area contributed by atoms with Crippen molar-refractivity contribution >= 4 is 0 Å². The molecule has 18 heavy (non-hydrogen) atoms. The zero-order valence-electron chi connectivity index (χ0n) is 11.8. The molecule has 0 aromatic heterocycles. The van der Waals surface area contributed by atoms with Crippen LogP contribution >= 0.6 is 0 Å². The summed E-state index contributed by atoms with van der Waals surface area (Å²) in [4.78, 5) is 0. The molecule has 0 spiro atoms. The quantitative estimate of drug-likeness (QED) is 0.855. The first-order chi connectivity index (χ1) is 8.53. The summed E-state index contributed by atoms with van der Waals surface area (Å²) in [6.07, 6.45) is 4.53. The van der Waals surface area contributed by atoms with Gasteiger partial charge in [0.25, 0.3) is 0 Å². The van der Waals surface area contributed by atoms with Crippen molar-refractivity contribution in [2.24, 2.45) is 0 Å². The maximum atomic E-state index is 10.0. The van der Waals surface area contributed by atoms with E-state index in [0.717, 1.165) is 24.9 Å². The zero-order valence-corrected chi connectivity index (χ0v) is 11.8. The lowest BCUT2D eigenvalue weighted by molar-refractivity contribution is 0.458. The largest absolute Gasteiger partial charge is 0.508 e. The van der Waals surface area contributed by atoms with Crippen LogP contribution in [0.1, 0.15) is 51.2 Å². The van der Waals surface area contributed by atoms with Crippen LogP contribution in [-0.4, -0.2) is 17.7 Å².